The predicted octanol–water partition coefficient (Wildman–Crippen LogP) is 3.69. The van der Waals surface area contributed by atoms with Crippen molar-refractivity contribution in [2.75, 3.05) is 10.6 Å². The molecule has 0 radical (unpaired) electrons. The van der Waals surface area contributed by atoms with Gasteiger partial charge in [0, 0.05) is 11.2 Å². The first kappa shape index (κ1) is 19.5. The summed E-state index contributed by atoms with van der Waals surface area (Å²) < 4.78 is 19.1. The van der Waals surface area contributed by atoms with E-state index in [4.69, 9.17) is 4.42 Å². The third-order valence-electron chi connectivity index (χ3n) is 3.59. The average molecular weight is 361 g/mol. The zero-order valence-electron chi connectivity index (χ0n) is 15.6. The van der Waals surface area contributed by atoms with Crippen LogP contribution in [-0.4, -0.2) is 23.4 Å². The molecule has 0 aliphatic rings. The minimum Gasteiger partial charge on any atom is -0.469 e. The zero-order chi connectivity index (χ0) is 19.5. The molecule has 0 spiro atoms. The molecule has 1 aromatic heterocycles. The summed E-state index contributed by atoms with van der Waals surface area (Å²) in [7, 11) is 0. The van der Waals surface area contributed by atoms with Crippen LogP contribution in [0.5, 0.6) is 0 Å². The number of aryl methyl sites for hydroxylation is 1. The Bertz CT molecular complexity index is 809. The highest BCUT2D eigenvalue weighted by Gasteiger charge is 2.20. The van der Waals surface area contributed by atoms with E-state index in [9.17, 15) is 14.0 Å². The summed E-state index contributed by atoms with van der Waals surface area (Å²) in [6.45, 7) is 9.03. The molecule has 1 atom stereocenters. The van der Waals surface area contributed by atoms with Gasteiger partial charge in [-0.2, -0.15) is 0 Å². The molecular formula is C19H24FN3O3. The van der Waals surface area contributed by atoms with Crippen molar-refractivity contribution in [1.82, 2.24) is 5.32 Å². The molecule has 0 saturated carbocycles. The predicted molar refractivity (Wildman–Crippen MR) is 98.8 cm³/mol. The molecule has 0 saturated heterocycles. The maximum Gasteiger partial charge on any atom is 0.259 e. The van der Waals surface area contributed by atoms with Gasteiger partial charge in [0.15, 0.2) is 0 Å². The van der Waals surface area contributed by atoms with Crippen molar-refractivity contribution < 1.29 is 18.4 Å². The van der Waals surface area contributed by atoms with E-state index in [2.05, 4.69) is 16.0 Å². The first-order chi connectivity index (χ1) is 12.1. The number of anilines is 2. The summed E-state index contributed by atoms with van der Waals surface area (Å²) in [5.74, 6) is -0.770. The second-order valence-electron chi connectivity index (χ2n) is 7.14. The van der Waals surface area contributed by atoms with Crippen molar-refractivity contribution >= 4 is 23.2 Å². The molecule has 0 aliphatic heterocycles. The fourth-order valence-electron chi connectivity index (χ4n) is 2.31. The molecule has 0 fully saturated rings. The van der Waals surface area contributed by atoms with Gasteiger partial charge < -0.3 is 20.4 Å². The van der Waals surface area contributed by atoms with Crippen LogP contribution >= 0.6 is 0 Å². The van der Waals surface area contributed by atoms with Crippen molar-refractivity contribution in [2.24, 2.45) is 0 Å². The number of furan rings is 1. The van der Waals surface area contributed by atoms with E-state index in [-0.39, 0.29) is 17.1 Å². The summed E-state index contributed by atoms with van der Waals surface area (Å²) in [4.78, 5) is 24.4. The quantitative estimate of drug-likeness (QED) is 0.758. The number of halogens is 1. The molecule has 1 heterocycles. The van der Waals surface area contributed by atoms with Crippen molar-refractivity contribution in [1.29, 1.82) is 0 Å². The molecule has 6 nitrogen and oxygen atoms in total. The molecule has 7 heteroatoms. The molecule has 26 heavy (non-hydrogen) atoms. The first-order valence-corrected chi connectivity index (χ1v) is 8.30. The van der Waals surface area contributed by atoms with Crippen LogP contribution in [0.25, 0.3) is 0 Å². The molecule has 1 aromatic carbocycles. The van der Waals surface area contributed by atoms with E-state index in [1.165, 1.54) is 30.5 Å². The molecular weight excluding hydrogens is 337 g/mol. The highest BCUT2D eigenvalue weighted by Crippen LogP contribution is 2.22. The van der Waals surface area contributed by atoms with Gasteiger partial charge in [-0.1, -0.05) is 0 Å². The van der Waals surface area contributed by atoms with Crippen molar-refractivity contribution in [3.05, 3.63) is 47.7 Å². The number of hydrogen-bond donors (Lipinski definition) is 3. The fraction of sp³-hybridized carbons (Fsp3) is 0.368. The van der Waals surface area contributed by atoms with Crippen LogP contribution in [0.3, 0.4) is 0 Å². The van der Waals surface area contributed by atoms with E-state index in [1.807, 2.05) is 20.8 Å². The Morgan fingerprint density at radius 2 is 1.88 bits per heavy atom. The molecule has 0 unspecified atom stereocenters. The molecule has 2 rings (SSSR count). The van der Waals surface area contributed by atoms with Crippen LogP contribution in [0.15, 0.2) is 34.9 Å². The van der Waals surface area contributed by atoms with Gasteiger partial charge in [0.05, 0.1) is 17.5 Å². The summed E-state index contributed by atoms with van der Waals surface area (Å²) in [6.07, 6.45) is 1.40. The number of carbonyl (C=O) groups excluding carboxylic acids is 2. The highest BCUT2D eigenvalue weighted by atomic mass is 19.1. The largest absolute Gasteiger partial charge is 0.469 e. The Kier molecular flexibility index (Phi) is 5.69. The Hall–Kier alpha value is -2.83. The van der Waals surface area contributed by atoms with Crippen molar-refractivity contribution in [3.63, 3.8) is 0 Å². The molecule has 3 N–H and O–H groups in total. The zero-order valence-corrected chi connectivity index (χ0v) is 15.6. The van der Waals surface area contributed by atoms with Gasteiger partial charge in [0.1, 0.15) is 17.6 Å². The van der Waals surface area contributed by atoms with Gasteiger partial charge >= 0.3 is 0 Å². The summed E-state index contributed by atoms with van der Waals surface area (Å²) in [5.41, 5.74) is 0.518. The molecule has 140 valence electrons. The standard InChI is InChI=1S/C19H24FN3O3/c1-11(17(24)23-19(3,4)5)21-13-6-7-15(20)16(10-13)22-18(25)14-8-9-26-12(14)2/h6-11,21H,1-5H3,(H,22,25)(H,23,24)/t11-/m0/s1. The number of nitrogens with one attached hydrogen (secondary N) is 3. The van der Waals surface area contributed by atoms with E-state index >= 15 is 0 Å². The normalized spacial score (nSPS) is 12.4. The Balaban J connectivity index is 2.10. The maximum atomic E-state index is 14.0. The lowest BCUT2D eigenvalue weighted by molar-refractivity contribution is -0.122. The van der Waals surface area contributed by atoms with Crippen molar-refractivity contribution in [3.8, 4) is 0 Å². The Morgan fingerprint density at radius 1 is 1.19 bits per heavy atom. The summed E-state index contributed by atoms with van der Waals surface area (Å²) in [6, 6.07) is 5.18. The summed E-state index contributed by atoms with van der Waals surface area (Å²) >= 11 is 0. The Labute approximate surface area is 152 Å². The van der Waals surface area contributed by atoms with Crippen LogP contribution in [0.2, 0.25) is 0 Å². The van der Waals surface area contributed by atoms with Crippen LogP contribution in [0.1, 0.15) is 43.8 Å². The first-order valence-electron chi connectivity index (χ1n) is 8.30. The van der Waals surface area contributed by atoms with E-state index in [1.54, 1.807) is 13.8 Å². The molecule has 2 aromatic rings. The van der Waals surface area contributed by atoms with Crippen LogP contribution in [-0.2, 0) is 4.79 Å². The topological polar surface area (TPSA) is 83.4 Å². The SMILES string of the molecule is Cc1occc1C(=O)Nc1cc(N[C@@H](C)C(=O)NC(C)(C)C)ccc1F. The Morgan fingerprint density at radius 3 is 2.46 bits per heavy atom. The number of carbonyl (C=O) groups is 2. The highest BCUT2D eigenvalue weighted by molar-refractivity contribution is 6.05. The second kappa shape index (κ2) is 7.59. The number of amides is 2. The minimum atomic E-state index is -0.572. The van der Waals surface area contributed by atoms with Gasteiger partial charge in [-0.25, -0.2) is 4.39 Å². The average Bonchev–Trinajstić information content (AvgIpc) is 2.95. The number of rotatable bonds is 5. The molecule has 2 amide bonds. The number of hydrogen-bond acceptors (Lipinski definition) is 4. The smallest absolute Gasteiger partial charge is 0.259 e. The van der Waals surface area contributed by atoms with E-state index in [0.717, 1.165) is 0 Å². The van der Waals surface area contributed by atoms with Crippen LogP contribution < -0.4 is 16.0 Å². The van der Waals surface area contributed by atoms with Crippen LogP contribution in [0.4, 0.5) is 15.8 Å². The van der Waals surface area contributed by atoms with E-state index in [0.29, 0.717) is 17.0 Å². The molecule has 0 aliphatic carbocycles. The van der Waals surface area contributed by atoms with Crippen molar-refractivity contribution in [2.45, 2.75) is 46.2 Å². The third-order valence-corrected chi connectivity index (χ3v) is 3.59. The minimum absolute atomic E-state index is 0.0176. The lowest BCUT2D eigenvalue weighted by Gasteiger charge is -2.24. The second-order valence-corrected chi connectivity index (χ2v) is 7.14. The molecule has 0 bridgehead atoms. The third kappa shape index (κ3) is 5.08. The van der Waals surface area contributed by atoms with Gasteiger partial charge in [0.25, 0.3) is 5.91 Å². The van der Waals surface area contributed by atoms with Gasteiger partial charge in [-0.3, -0.25) is 9.59 Å². The lowest BCUT2D eigenvalue weighted by Crippen LogP contribution is -2.47. The van der Waals surface area contributed by atoms with E-state index < -0.39 is 17.8 Å². The lowest BCUT2D eigenvalue weighted by atomic mass is 10.1. The fourth-order valence-corrected chi connectivity index (χ4v) is 2.31. The van der Waals surface area contributed by atoms with Gasteiger partial charge in [-0.15, -0.1) is 0 Å². The number of benzene rings is 1. The van der Waals surface area contributed by atoms with Crippen LogP contribution in [0, 0.1) is 12.7 Å². The van der Waals surface area contributed by atoms with Gasteiger partial charge in [0.2, 0.25) is 5.91 Å². The monoisotopic (exact) mass is 361 g/mol. The maximum absolute atomic E-state index is 14.0. The van der Waals surface area contributed by atoms with Gasteiger partial charge in [-0.05, 0) is 58.9 Å². The summed E-state index contributed by atoms with van der Waals surface area (Å²) in [5, 5.41) is 8.39.